The average Bonchev–Trinajstić information content (AvgIpc) is 2.45. The largest absolute Gasteiger partial charge is 0.481 e. The molecule has 0 spiro atoms. The van der Waals surface area contributed by atoms with Crippen molar-refractivity contribution in [2.45, 2.75) is 12.8 Å². The second-order valence-electron chi connectivity index (χ2n) is 4.35. The van der Waals surface area contributed by atoms with Gasteiger partial charge in [-0.05, 0) is 31.8 Å². The van der Waals surface area contributed by atoms with Crippen molar-refractivity contribution in [2.24, 2.45) is 5.92 Å². The van der Waals surface area contributed by atoms with Crippen LogP contribution < -0.4 is 20.1 Å². The Balaban J connectivity index is 1.94. The molecular formula is C12H20N4O2. The average molecular weight is 252 g/mol. The number of methoxy groups -OCH3 is 2. The molecule has 0 aromatic carbocycles. The van der Waals surface area contributed by atoms with Gasteiger partial charge in [0.05, 0.1) is 20.3 Å². The van der Waals surface area contributed by atoms with Gasteiger partial charge in [0.2, 0.25) is 17.7 Å². The van der Waals surface area contributed by atoms with E-state index in [0.717, 1.165) is 19.6 Å². The molecule has 2 N–H and O–H groups in total. The third-order valence-electron chi connectivity index (χ3n) is 3.10. The number of nitrogens with one attached hydrogen (secondary N) is 2. The van der Waals surface area contributed by atoms with E-state index < -0.39 is 0 Å². The Hall–Kier alpha value is -1.56. The van der Waals surface area contributed by atoms with Crippen LogP contribution in [0.3, 0.4) is 0 Å². The van der Waals surface area contributed by atoms with Gasteiger partial charge in [-0.25, -0.2) is 0 Å². The number of piperidine rings is 1. The number of rotatable bonds is 5. The molecule has 0 radical (unpaired) electrons. The molecule has 0 saturated carbocycles. The molecule has 0 bridgehead atoms. The van der Waals surface area contributed by atoms with E-state index in [9.17, 15) is 0 Å². The monoisotopic (exact) mass is 252 g/mol. The highest BCUT2D eigenvalue weighted by molar-refractivity contribution is 5.33. The smallest absolute Gasteiger partial charge is 0.229 e. The third-order valence-corrected chi connectivity index (χ3v) is 3.10. The second-order valence-corrected chi connectivity index (χ2v) is 4.35. The van der Waals surface area contributed by atoms with Crippen molar-refractivity contribution in [3.05, 3.63) is 6.07 Å². The van der Waals surface area contributed by atoms with Gasteiger partial charge in [-0.2, -0.15) is 9.97 Å². The van der Waals surface area contributed by atoms with Crippen LogP contribution >= 0.6 is 0 Å². The van der Waals surface area contributed by atoms with E-state index in [1.807, 2.05) is 0 Å². The number of nitrogens with zero attached hydrogens (tertiary/aromatic N) is 2. The molecule has 18 heavy (non-hydrogen) atoms. The lowest BCUT2D eigenvalue weighted by atomic mass is 9.98. The van der Waals surface area contributed by atoms with Crippen molar-refractivity contribution < 1.29 is 9.47 Å². The van der Waals surface area contributed by atoms with E-state index in [2.05, 4.69) is 20.6 Å². The summed E-state index contributed by atoms with van der Waals surface area (Å²) in [4.78, 5) is 8.49. The molecule has 0 unspecified atom stereocenters. The highest BCUT2D eigenvalue weighted by Gasteiger charge is 2.13. The minimum atomic E-state index is 0.509. The fourth-order valence-electron chi connectivity index (χ4n) is 2.01. The molecule has 0 amide bonds. The molecule has 1 aliphatic rings. The van der Waals surface area contributed by atoms with E-state index in [1.165, 1.54) is 12.8 Å². The summed E-state index contributed by atoms with van der Waals surface area (Å²) in [7, 11) is 3.16. The van der Waals surface area contributed by atoms with Crippen molar-refractivity contribution in [3.8, 4) is 11.8 Å². The maximum Gasteiger partial charge on any atom is 0.229 e. The van der Waals surface area contributed by atoms with Crippen LogP contribution in [0.25, 0.3) is 0 Å². The minimum absolute atomic E-state index is 0.509. The lowest BCUT2D eigenvalue weighted by molar-refractivity contribution is 0.370. The Bertz CT molecular complexity index is 358. The highest BCUT2D eigenvalue weighted by atomic mass is 16.5. The number of aromatic nitrogens is 2. The molecule has 1 aromatic heterocycles. The highest BCUT2D eigenvalue weighted by Crippen LogP contribution is 2.18. The molecular weight excluding hydrogens is 232 g/mol. The summed E-state index contributed by atoms with van der Waals surface area (Å²) < 4.78 is 10.2. The maximum atomic E-state index is 5.11. The van der Waals surface area contributed by atoms with E-state index >= 15 is 0 Å². The van der Waals surface area contributed by atoms with Gasteiger partial charge in [-0.1, -0.05) is 0 Å². The first-order valence-electron chi connectivity index (χ1n) is 6.23. The SMILES string of the molecule is COc1cc(OC)nc(NCC2CCNCC2)n1. The summed E-state index contributed by atoms with van der Waals surface area (Å²) in [6.07, 6.45) is 2.38. The Morgan fingerprint density at radius 2 is 1.83 bits per heavy atom. The van der Waals surface area contributed by atoms with Gasteiger partial charge in [-0.15, -0.1) is 0 Å². The zero-order chi connectivity index (χ0) is 12.8. The van der Waals surface area contributed by atoms with Crippen LogP contribution in [0.2, 0.25) is 0 Å². The molecule has 100 valence electrons. The van der Waals surface area contributed by atoms with Gasteiger partial charge in [0.25, 0.3) is 0 Å². The van der Waals surface area contributed by atoms with E-state index in [1.54, 1.807) is 20.3 Å². The van der Waals surface area contributed by atoms with E-state index in [4.69, 9.17) is 9.47 Å². The zero-order valence-electron chi connectivity index (χ0n) is 10.9. The summed E-state index contributed by atoms with van der Waals surface area (Å²) in [5.74, 6) is 2.25. The lowest BCUT2D eigenvalue weighted by Gasteiger charge is -2.22. The van der Waals surface area contributed by atoms with Crippen molar-refractivity contribution >= 4 is 5.95 Å². The van der Waals surface area contributed by atoms with Gasteiger partial charge in [-0.3, -0.25) is 0 Å². The first kappa shape index (κ1) is 12.9. The normalized spacial score (nSPS) is 16.3. The number of hydrogen-bond acceptors (Lipinski definition) is 6. The topological polar surface area (TPSA) is 68.3 Å². The van der Waals surface area contributed by atoms with Crippen LogP contribution in [0.1, 0.15) is 12.8 Å². The third kappa shape index (κ3) is 3.46. The van der Waals surface area contributed by atoms with E-state index in [-0.39, 0.29) is 0 Å². The molecule has 2 rings (SSSR count). The molecule has 1 saturated heterocycles. The molecule has 1 fully saturated rings. The Morgan fingerprint density at radius 1 is 1.22 bits per heavy atom. The van der Waals surface area contributed by atoms with Crippen molar-refractivity contribution in [2.75, 3.05) is 39.2 Å². The number of hydrogen-bond donors (Lipinski definition) is 2. The maximum absolute atomic E-state index is 5.11. The van der Waals surface area contributed by atoms with Crippen LogP contribution in [-0.2, 0) is 0 Å². The van der Waals surface area contributed by atoms with Crippen LogP contribution in [0.5, 0.6) is 11.8 Å². The number of anilines is 1. The standard InChI is InChI=1S/C12H20N4O2/c1-17-10-7-11(18-2)16-12(15-10)14-8-9-3-5-13-6-4-9/h7,9,13H,3-6,8H2,1-2H3,(H,14,15,16). The van der Waals surface area contributed by atoms with Gasteiger partial charge in [0, 0.05) is 6.54 Å². The summed E-state index contributed by atoms with van der Waals surface area (Å²) in [5, 5.41) is 6.60. The van der Waals surface area contributed by atoms with Crippen LogP contribution in [0.15, 0.2) is 6.07 Å². The second kappa shape index (κ2) is 6.39. The van der Waals surface area contributed by atoms with Crippen LogP contribution in [-0.4, -0.2) is 43.8 Å². The van der Waals surface area contributed by atoms with Gasteiger partial charge >= 0.3 is 0 Å². The summed E-state index contributed by atoms with van der Waals surface area (Å²) >= 11 is 0. The first-order valence-corrected chi connectivity index (χ1v) is 6.23. The Labute approximate surface area is 107 Å². The molecule has 0 aliphatic carbocycles. The fraction of sp³-hybridized carbons (Fsp3) is 0.667. The summed E-state index contributed by atoms with van der Waals surface area (Å²) in [5.41, 5.74) is 0. The molecule has 6 nitrogen and oxygen atoms in total. The van der Waals surface area contributed by atoms with Crippen molar-refractivity contribution in [3.63, 3.8) is 0 Å². The zero-order valence-corrected chi connectivity index (χ0v) is 10.9. The summed E-state index contributed by atoms with van der Waals surface area (Å²) in [6, 6.07) is 1.66. The predicted molar refractivity (Wildman–Crippen MR) is 69.2 cm³/mol. The molecule has 6 heteroatoms. The number of ether oxygens (including phenoxy) is 2. The molecule has 2 heterocycles. The fourth-order valence-corrected chi connectivity index (χ4v) is 2.01. The van der Waals surface area contributed by atoms with E-state index in [0.29, 0.717) is 23.6 Å². The Morgan fingerprint density at radius 3 is 2.39 bits per heavy atom. The predicted octanol–water partition coefficient (Wildman–Crippen LogP) is 0.905. The Kier molecular flexibility index (Phi) is 4.58. The first-order chi connectivity index (χ1) is 8.81. The van der Waals surface area contributed by atoms with Gasteiger partial charge in [0.1, 0.15) is 0 Å². The molecule has 1 aromatic rings. The molecule has 0 atom stereocenters. The minimum Gasteiger partial charge on any atom is -0.481 e. The van der Waals surface area contributed by atoms with Crippen LogP contribution in [0.4, 0.5) is 5.95 Å². The van der Waals surface area contributed by atoms with Gasteiger partial charge in [0.15, 0.2) is 0 Å². The lowest BCUT2D eigenvalue weighted by Crippen LogP contribution is -2.31. The van der Waals surface area contributed by atoms with Crippen molar-refractivity contribution in [1.29, 1.82) is 0 Å². The van der Waals surface area contributed by atoms with Crippen molar-refractivity contribution in [1.82, 2.24) is 15.3 Å². The molecule has 1 aliphatic heterocycles. The quantitative estimate of drug-likeness (QED) is 0.811. The van der Waals surface area contributed by atoms with Crippen LogP contribution in [0, 0.1) is 5.92 Å². The summed E-state index contributed by atoms with van der Waals surface area (Å²) in [6.45, 7) is 3.07. The van der Waals surface area contributed by atoms with Gasteiger partial charge < -0.3 is 20.1 Å².